The van der Waals surface area contributed by atoms with Crippen molar-refractivity contribution in [3.8, 4) is 0 Å². The molecule has 2 rings (SSSR count). The van der Waals surface area contributed by atoms with E-state index in [9.17, 15) is 12.8 Å². The van der Waals surface area contributed by atoms with Crippen molar-refractivity contribution in [3.63, 3.8) is 0 Å². The van der Waals surface area contributed by atoms with Crippen LogP contribution in [-0.4, -0.2) is 20.4 Å². The van der Waals surface area contributed by atoms with E-state index in [4.69, 9.17) is 0 Å². The number of rotatable bonds is 3. The van der Waals surface area contributed by atoms with Gasteiger partial charge in [-0.15, -0.1) is 0 Å². The zero-order chi connectivity index (χ0) is 13.2. The lowest BCUT2D eigenvalue weighted by Gasteiger charge is -2.18. The van der Waals surface area contributed by atoms with E-state index in [1.54, 1.807) is 18.2 Å². The predicted octanol–water partition coefficient (Wildman–Crippen LogP) is 2.05. The van der Waals surface area contributed by atoms with Crippen molar-refractivity contribution >= 4 is 15.8 Å². The molecule has 0 amide bonds. The predicted molar refractivity (Wildman–Crippen MR) is 66.2 cm³/mol. The Morgan fingerprint density at radius 3 is 2.33 bits per heavy atom. The summed E-state index contributed by atoms with van der Waals surface area (Å²) in [5, 5.41) is 0. The van der Waals surface area contributed by atoms with E-state index < -0.39 is 15.8 Å². The summed E-state index contributed by atoms with van der Waals surface area (Å²) >= 11 is 0. The lowest BCUT2D eigenvalue weighted by molar-refractivity contribution is 0.592. The van der Waals surface area contributed by atoms with Gasteiger partial charge in [0, 0.05) is 13.2 Å². The van der Waals surface area contributed by atoms with E-state index in [-0.39, 0.29) is 4.90 Å². The van der Waals surface area contributed by atoms with Crippen molar-refractivity contribution in [2.75, 3.05) is 11.4 Å². The van der Waals surface area contributed by atoms with Crippen molar-refractivity contribution in [1.29, 1.82) is 0 Å². The normalized spacial score (nSPS) is 11.2. The fourth-order valence-corrected chi connectivity index (χ4v) is 2.58. The zero-order valence-corrected chi connectivity index (χ0v) is 10.4. The van der Waals surface area contributed by atoms with Gasteiger partial charge >= 0.3 is 0 Å². The van der Waals surface area contributed by atoms with Crippen LogP contribution < -0.4 is 4.31 Å². The monoisotopic (exact) mass is 266 g/mol. The number of benzene rings is 1. The molecule has 0 spiro atoms. The first kappa shape index (κ1) is 12.5. The van der Waals surface area contributed by atoms with Gasteiger partial charge in [-0.05, 0) is 36.4 Å². The molecule has 1 aromatic carbocycles. The fourth-order valence-electron chi connectivity index (χ4n) is 1.43. The highest BCUT2D eigenvalue weighted by Crippen LogP contribution is 2.19. The molecule has 0 N–H and O–H groups in total. The molecule has 1 aromatic heterocycles. The SMILES string of the molecule is CN(c1ccccn1)S(=O)(=O)c1ccc(F)cc1. The van der Waals surface area contributed by atoms with E-state index >= 15 is 0 Å². The Hall–Kier alpha value is -1.95. The van der Waals surface area contributed by atoms with Crippen LogP contribution in [0.1, 0.15) is 0 Å². The maximum Gasteiger partial charge on any atom is 0.265 e. The van der Waals surface area contributed by atoms with Gasteiger partial charge in [-0.2, -0.15) is 0 Å². The molecule has 0 saturated carbocycles. The highest BCUT2D eigenvalue weighted by atomic mass is 32.2. The van der Waals surface area contributed by atoms with E-state index in [1.807, 2.05) is 0 Å². The number of sulfonamides is 1. The Morgan fingerprint density at radius 2 is 1.78 bits per heavy atom. The van der Waals surface area contributed by atoms with Gasteiger partial charge in [0.05, 0.1) is 4.90 Å². The Labute approximate surface area is 105 Å². The van der Waals surface area contributed by atoms with Crippen LogP contribution in [0.4, 0.5) is 10.2 Å². The molecule has 0 unspecified atom stereocenters. The van der Waals surface area contributed by atoms with Crippen molar-refractivity contribution < 1.29 is 12.8 Å². The van der Waals surface area contributed by atoms with Crippen LogP contribution in [-0.2, 0) is 10.0 Å². The second-order valence-electron chi connectivity index (χ2n) is 3.61. The number of hydrogen-bond acceptors (Lipinski definition) is 3. The maximum atomic E-state index is 12.8. The smallest absolute Gasteiger partial charge is 0.253 e. The first-order chi connectivity index (χ1) is 8.51. The standard InChI is InChI=1S/C12H11FN2O2S/c1-15(12-4-2-3-9-14-12)18(16,17)11-7-5-10(13)6-8-11/h2-9H,1H3. The number of halogens is 1. The minimum Gasteiger partial charge on any atom is -0.253 e. The van der Waals surface area contributed by atoms with Crippen molar-refractivity contribution in [3.05, 3.63) is 54.5 Å². The molecular weight excluding hydrogens is 255 g/mol. The highest BCUT2D eigenvalue weighted by Gasteiger charge is 2.21. The van der Waals surface area contributed by atoms with Gasteiger partial charge < -0.3 is 0 Å². The van der Waals surface area contributed by atoms with Gasteiger partial charge in [-0.3, -0.25) is 4.31 Å². The van der Waals surface area contributed by atoms with Crippen LogP contribution in [0.25, 0.3) is 0 Å². The summed E-state index contributed by atoms with van der Waals surface area (Å²) in [5.74, 6) is -0.170. The summed E-state index contributed by atoms with van der Waals surface area (Å²) in [4.78, 5) is 3.99. The van der Waals surface area contributed by atoms with Gasteiger partial charge in [0.15, 0.2) is 0 Å². The zero-order valence-electron chi connectivity index (χ0n) is 9.62. The van der Waals surface area contributed by atoms with Crippen molar-refractivity contribution in [2.45, 2.75) is 4.90 Å². The molecule has 2 aromatic rings. The first-order valence-electron chi connectivity index (χ1n) is 5.17. The second-order valence-corrected chi connectivity index (χ2v) is 5.58. The molecule has 0 aliphatic carbocycles. The Balaban J connectivity index is 2.40. The Bertz CT molecular complexity index is 627. The van der Waals surface area contributed by atoms with Crippen LogP contribution in [0, 0.1) is 5.82 Å². The van der Waals surface area contributed by atoms with E-state index in [2.05, 4.69) is 4.98 Å². The fraction of sp³-hybridized carbons (Fsp3) is 0.0833. The van der Waals surface area contributed by atoms with Crippen LogP contribution >= 0.6 is 0 Å². The summed E-state index contributed by atoms with van der Waals surface area (Å²) < 4.78 is 38.2. The molecule has 0 aliphatic rings. The summed E-state index contributed by atoms with van der Waals surface area (Å²) in [6, 6.07) is 9.65. The molecule has 1 heterocycles. The van der Waals surface area contributed by atoms with Gasteiger partial charge in [0.25, 0.3) is 10.0 Å². The number of nitrogens with zero attached hydrogens (tertiary/aromatic N) is 2. The van der Waals surface area contributed by atoms with E-state index in [0.29, 0.717) is 5.82 Å². The third-order valence-corrected chi connectivity index (χ3v) is 4.22. The van der Waals surface area contributed by atoms with Gasteiger partial charge in [-0.1, -0.05) is 6.07 Å². The third-order valence-electron chi connectivity index (χ3n) is 2.44. The topological polar surface area (TPSA) is 50.3 Å². The van der Waals surface area contributed by atoms with E-state index in [0.717, 1.165) is 16.4 Å². The lowest BCUT2D eigenvalue weighted by Crippen LogP contribution is -2.27. The minimum atomic E-state index is -3.70. The van der Waals surface area contributed by atoms with Crippen LogP contribution in [0.3, 0.4) is 0 Å². The molecule has 0 aliphatic heterocycles. The molecule has 0 saturated heterocycles. The highest BCUT2D eigenvalue weighted by molar-refractivity contribution is 7.92. The average molecular weight is 266 g/mol. The summed E-state index contributed by atoms with van der Waals surface area (Å²) in [7, 11) is -2.30. The molecule has 0 bridgehead atoms. The van der Waals surface area contributed by atoms with Crippen LogP contribution in [0.15, 0.2) is 53.6 Å². The first-order valence-corrected chi connectivity index (χ1v) is 6.61. The van der Waals surface area contributed by atoms with Crippen molar-refractivity contribution in [1.82, 2.24) is 4.98 Å². The lowest BCUT2D eigenvalue weighted by atomic mass is 10.4. The minimum absolute atomic E-state index is 0.0250. The number of anilines is 1. The molecule has 94 valence electrons. The number of aromatic nitrogens is 1. The van der Waals surface area contributed by atoms with Gasteiger partial charge in [0.1, 0.15) is 11.6 Å². The maximum absolute atomic E-state index is 12.8. The molecule has 18 heavy (non-hydrogen) atoms. The number of pyridine rings is 1. The molecule has 0 atom stereocenters. The Kier molecular flexibility index (Phi) is 3.29. The molecule has 0 fully saturated rings. The summed E-state index contributed by atoms with van der Waals surface area (Å²) in [5.41, 5.74) is 0. The third kappa shape index (κ3) is 2.33. The number of hydrogen-bond donors (Lipinski definition) is 0. The summed E-state index contributed by atoms with van der Waals surface area (Å²) in [6.07, 6.45) is 1.51. The van der Waals surface area contributed by atoms with Crippen molar-refractivity contribution in [2.24, 2.45) is 0 Å². The summed E-state index contributed by atoms with van der Waals surface area (Å²) in [6.45, 7) is 0. The van der Waals surface area contributed by atoms with Gasteiger partial charge in [0.2, 0.25) is 0 Å². The van der Waals surface area contributed by atoms with Crippen LogP contribution in [0.5, 0.6) is 0 Å². The molecule has 6 heteroatoms. The van der Waals surface area contributed by atoms with Crippen LogP contribution in [0.2, 0.25) is 0 Å². The largest absolute Gasteiger partial charge is 0.265 e. The van der Waals surface area contributed by atoms with Gasteiger partial charge in [-0.25, -0.2) is 17.8 Å². The molecule has 4 nitrogen and oxygen atoms in total. The Morgan fingerprint density at radius 1 is 1.11 bits per heavy atom. The molecule has 0 radical (unpaired) electrons. The van der Waals surface area contributed by atoms with E-state index in [1.165, 1.54) is 25.4 Å². The average Bonchev–Trinajstić information content (AvgIpc) is 2.39. The second kappa shape index (κ2) is 4.73. The molecular formula is C12H11FN2O2S. The quantitative estimate of drug-likeness (QED) is 0.854.